The standard InChI is InChI=1S/C23H35N3O2/c27-23(25-17-19-5-10-24-11-6-19)21-3-4-22-20(16-21)2-1-12-26(22)13-7-18-8-14-28-15-9-18/h3-4,16,18-19,24H,1-2,5-15,17H2,(H,25,27). The maximum absolute atomic E-state index is 12.6. The molecular weight excluding hydrogens is 350 g/mol. The Kier molecular flexibility index (Phi) is 6.86. The number of carbonyl (C=O) groups is 1. The predicted molar refractivity (Wildman–Crippen MR) is 113 cm³/mol. The van der Waals surface area contributed by atoms with Crippen molar-refractivity contribution in [2.24, 2.45) is 11.8 Å². The first-order valence-corrected chi connectivity index (χ1v) is 11.2. The second-order valence-corrected chi connectivity index (χ2v) is 8.68. The van der Waals surface area contributed by atoms with Gasteiger partial charge in [0.2, 0.25) is 0 Å². The normalized spacial score (nSPS) is 21.4. The van der Waals surface area contributed by atoms with E-state index >= 15 is 0 Å². The first-order valence-electron chi connectivity index (χ1n) is 11.2. The summed E-state index contributed by atoms with van der Waals surface area (Å²) < 4.78 is 5.49. The lowest BCUT2D eigenvalue weighted by Crippen LogP contribution is -2.36. The van der Waals surface area contributed by atoms with Gasteiger partial charge in [-0.2, -0.15) is 0 Å². The van der Waals surface area contributed by atoms with Gasteiger partial charge in [0.25, 0.3) is 5.91 Å². The molecule has 1 amide bonds. The first kappa shape index (κ1) is 19.7. The Labute approximate surface area is 169 Å². The summed E-state index contributed by atoms with van der Waals surface area (Å²) in [6, 6.07) is 6.33. The van der Waals surface area contributed by atoms with Crippen LogP contribution < -0.4 is 15.5 Å². The zero-order valence-corrected chi connectivity index (χ0v) is 17.0. The smallest absolute Gasteiger partial charge is 0.251 e. The topological polar surface area (TPSA) is 53.6 Å². The van der Waals surface area contributed by atoms with Gasteiger partial charge in [-0.05, 0) is 93.6 Å². The summed E-state index contributed by atoms with van der Waals surface area (Å²) in [5.41, 5.74) is 3.50. The van der Waals surface area contributed by atoms with Crippen molar-refractivity contribution < 1.29 is 9.53 Å². The lowest BCUT2D eigenvalue weighted by molar-refractivity contribution is 0.0644. The fraction of sp³-hybridized carbons (Fsp3) is 0.696. The molecule has 1 aromatic carbocycles. The molecule has 28 heavy (non-hydrogen) atoms. The third-order valence-corrected chi connectivity index (χ3v) is 6.71. The Hall–Kier alpha value is -1.59. The number of carbonyl (C=O) groups excluding carboxylic acids is 1. The quantitative estimate of drug-likeness (QED) is 0.790. The van der Waals surface area contributed by atoms with Gasteiger partial charge >= 0.3 is 0 Å². The highest BCUT2D eigenvalue weighted by atomic mass is 16.5. The van der Waals surface area contributed by atoms with Crippen LogP contribution in [0.4, 0.5) is 5.69 Å². The number of nitrogens with one attached hydrogen (secondary N) is 2. The zero-order valence-electron chi connectivity index (χ0n) is 17.0. The minimum absolute atomic E-state index is 0.0839. The number of ether oxygens (including phenoxy) is 1. The van der Waals surface area contributed by atoms with Crippen molar-refractivity contribution in [3.63, 3.8) is 0 Å². The van der Waals surface area contributed by atoms with E-state index in [0.717, 1.165) is 76.7 Å². The molecule has 154 valence electrons. The molecule has 5 heteroatoms. The number of hydrogen-bond donors (Lipinski definition) is 2. The molecule has 2 N–H and O–H groups in total. The highest BCUT2D eigenvalue weighted by Gasteiger charge is 2.21. The summed E-state index contributed by atoms with van der Waals surface area (Å²) in [7, 11) is 0. The van der Waals surface area contributed by atoms with E-state index in [1.54, 1.807) is 0 Å². The van der Waals surface area contributed by atoms with Crippen LogP contribution in [-0.2, 0) is 11.2 Å². The van der Waals surface area contributed by atoms with Gasteiger partial charge in [0, 0.05) is 44.1 Å². The number of aryl methyl sites for hydroxylation is 1. The van der Waals surface area contributed by atoms with Crippen molar-refractivity contribution in [2.45, 2.75) is 44.9 Å². The molecule has 0 unspecified atom stereocenters. The zero-order chi connectivity index (χ0) is 19.2. The van der Waals surface area contributed by atoms with Crippen LogP contribution in [0, 0.1) is 11.8 Å². The van der Waals surface area contributed by atoms with Crippen LogP contribution in [0.3, 0.4) is 0 Å². The second kappa shape index (κ2) is 9.75. The maximum atomic E-state index is 12.6. The van der Waals surface area contributed by atoms with Gasteiger partial charge in [-0.1, -0.05) is 0 Å². The molecule has 2 saturated heterocycles. The van der Waals surface area contributed by atoms with E-state index in [4.69, 9.17) is 4.74 Å². The number of nitrogens with zero attached hydrogens (tertiary/aromatic N) is 1. The number of hydrogen-bond acceptors (Lipinski definition) is 4. The molecule has 5 nitrogen and oxygen atoms in total. The van der Waals surface area contributed by atoms with Crippen molar-refractivity contribution >= 4 is 11.6 Å². The Morgan fingerprint density at radius 1 is 1.14 bits per heavy atom. The lowest BCUT2D eigenvalue weighted by Gasteiger charge is -2.33. The number of fused-ring (bicyclic) bond motifs is 1. The number of piperidine rings is 1. The summed E-state index contributed by atoms with van der Waals surface area (Å²) in [5, 5.41) is 6.54. The van der Waals surface area contributed by atoms with Crippen molar-refractivity contribution in [1.29, 1.82) is 0 Å². The summed E-state index contributed by atoms with van der Waals surface area (Å²) in [6.45, 7) is 7.06. The van der Waals surface area contributed by atoms with Crippen molar-refractivity contribution in [2.75, 3.05) is 50.8 Å². The molecule has 0 aliphatic carbocycles. The van der Waals surface area contributed by atoms with Crippen LogP contribution >= 0.6 is 0 Å². The number of anilines is 1. The van der Waals surface area contributed by atoms with Crippen LogP contribution in [0.2, 0.25) is 0 Å². The van der Waals surface area contributed by atoms with Gasteiger partial charge < -0.3 is 20.3 Å². The van der Waals surface area contributed by atoms with Crippen LogP contribution in [0.1, 0.15) is 54.4 Å². The van der Waals surface area contributed by atoms with Gasteiger partial charge in [-0.3, -0.25) is 4.79 Å². The van der Waals surface area contributed by atoms with Crippen LogP contribution in [0.5, 0.6) is 0 Å². The van der Waals surface area contributed by atoms with Gasteiger partial charge in [-0.15, -0.1) is 0 Å². The van der Waals surface area contributed by atoms with E-state index in [9.17, 15) is 4.79 Å². The molecule has 0 atom stereocenters. The van der Waals surface area contributed by atoms with E-state index in [1.165, 1.54) is 36.9 Å². The maximum Gasteiger partial charge on any atom is 0.251 e. The summed E-state index contributed by atoms with van der Waals surface area (Å²) in [4.78, 5) is 15.2. The molecule has 1 aromatic rings. The van der Waals surface area contributed by atoms with Gasteiger partial charge in [0.05, 0.1) is 0 Å². The monoisotopic (exact) mass is 385 g/mol. The highest BCUT2D eigenvalue weighted by Crippen LogP contribution is 2.29. The average molecular weight is 386 g/mol. The first-order chi connectivity index (χ1) is 13.8. The minimum atomic E-state index is 0.0839. The van der Waals surface area contributed by atoms with Crippen LogP contribution in [0.25, 0.3) is 0 Å². The van der Waals surface area contributed by atoms with E-state index in [2.05, 4.69) is 27.7 Å². The summed E-state index contributed by atoms with van der Waals surface area (Å²) >= 11 is 0. The molecule has 0 bridgehead atoms. The molecule has 2 fully saturated rings. The van der Waals surface area contributed by atoms with E-state index in [1.807, 2.05) is 6.07 Å². The van der Waals surface area contributed by atoms with Crippen molar-refractivity contribution in [1.82, 2.24) is 10.6 Å². The Morgan fingerprint density at radius 3 is 2.79 bits per heavy atom. The molecule has 4 rings (SSSR count). The molecular formula is C23H35N3O2. The van der Waals surface area contributed by atoms with Crippen molar-refractivity contribution in [3.05, 3.63) is 29.3 Å². The fourth-order valence-electron chi connectivity index (χ4n) is 4.85. The largest absolute Gasteiger partial charge is 0.381 e. The lowest BCUT2D eigenvalue weighted by atomic mass is 9.94. The molecule has 0 radical (unpaired) electrons. The number of rotatable bonds is 6. The van der Waals surface area contributed by atoms with Crippen LogP contribution in [0.15, 0.2) is 18.2 Å². The third kappa shape index (κ3) is 5.06. The molecule has 0 saturated carbocycles. The SMILES string of the molecule is O=C(NCC1CCNCC1)c1ccc2c(c1)CCCN2CCC1CCOCC1. The molecule has 3 aliphatic rings. The Balaban J connectivity index is 1.33. The number of amides is 1. The molecule has 3 heterocycles. The number of benzene rings is 1. The van der Waals surface area contributed by atoms with Crippen LogP contribution in [-0.4, -0.2) is 51.8 Å². The van der Waals surface area contributed by atoms with E-state index < -0.39 is 0 Å². The highest BCUT2D eigenvalue weighted by molar-refractivity contribution is 5.95. The fourth-order valence-corrected chi connectivity index (χ4v) is 4.85. The Morgan fingerprint density at radius 2 is 1.96 bits per heavy atom. The summed E-state index contributed by atoms with van der Waals surface area (Å²) in [6.07, 6.45) is 8.24. The van der Waals surface area contributed by atoms with E-state index in [0.29, 0.717) is 5.92 Å². The third-order valence-electron chi connectivity index (χ3n) is 6.71. The van der Waals surface area contributed by atoms with Gasteiger partial charge in [0.1, 0.15) is 0 Å². The molecule has 0 spiro atoms. The van der Waals surface area contributed by atoms with E-state index in [-0.39, 0.29) is 5.91 Å². The molecule has 0 aromatic heterocycles. The average Bonchev–Trinajstić information content (AvgIpc) is 2.77. The molecule has 3 aliphatic heterocycles. The van der Waals surface area contributed by atoms with Gasteiger partial charge in [-0.25, -0.2) is 0 Å². The van der Waals surface area contributed by atoms with Gasteiger partial charge in [0.15, 0.2) is 0 Å². The second-order valence-electron chi connectivity index (χ2n) is 8.68. The Bertz CT molecular complexity index is 651. The minimum Gasteiger partial charge on any atom is -0.381 e. The summed E-state index contributed by atoms with van der Waals surface area (Å²) in [5.74, 6) is 1.50. The van der Waals surface area contributed by atoms with Crippen molar-refractivity contribution in [3.8, 4) is 0 Å². The predicted octanol–water partition coefficient (Wildman–Crippen LogP) is 2.99.